The Morgan fingerprint density at radius 2 is 1.46 bits per heavy atom. The van der Waals surface area contributed by atoms with Crippen molar-refractivity contribution in [2.24, 2.45) is 5.41 Å². The van der Waals surface area contributed by atoms with Crippen molar-refractivity contribution < 1.29 is 25.8 Å². The summed E-state index contributed by atoms with van der Waals surface area (Å²) in [7, 11) is -5.79. The summed E-state index contributed by atoms with van der Waals surface area (Å²) in [6.07, 6.45) is 6.26. The molecule has 0 aliphatic heterocycles. The van der Waals surface area contributed by atoms with Crippen LogP contribution in [0, 0.1) is 5.41 Å². The molecule has 1 atom stereocenters. The van der Waals surface area contributed by atoms with Gasteiger partial charge in [0.1, 0.15) is 6.10 Å². The molecular weight excluding hydrogens is 521 g/mol. The average Bonchev–Trinajstić information content (AvgIpc) is 3.13. The maximum Gasteiger partial charge on any atom is 0.523 e. The van der Waals surface area contributed by atoms with Crippen LogP contribution in [0.15, 0.2) is 42.0 Å². The number of fused-ring (bicyclic) bond motifs is 1. The van der Waals surface area contributed by atoms with Crippen molar-refractivity contribution >= 4 is 16.2 Å². The standard InChI is InChI=1S/C32H41F3O3S/c1-29(2,3)23-16-21(17-24(19-23)30(4,5)6)25-12-11-13-26-27(25)18-22(20-31(7)14-9-8-10-15-31)28(26)38-39(36,37)32(33,34)35/h11-13,16-19,28H,8-10,14-15,20H2,1-7H3. The SMILES string of the molecule is CC1(CC2=Cc3c(-c4cc(C(C)(C)C)cc(C(C)(C)C)c4)cccc3C2OS(=O)(=O)C(F)(F)F)CCCCC1. The minimum absolute atomic E-state index is 0.110. The molecule has 0 radical (unpaired) electrons. The first kappa shape index (κ1) is 29.9. The zero-order valence-electron chi connectivity index (χ0n) is 24.1. The van der Waals surface area contributed by atoms with Gasteiger partial charge in [-0.2, -0.15) is 21.6 Å². The predicted octanol–water partition coefficient (Wildman–Crippen LogP) is 9.61. The molecule has 0 aromatic heterocycles. The van der Waals surface area contributed by atoms with Crippen LogP contribution in [0.25, 0.3) is 17.2 Å². The molecule has 4 rings (SSSR count). The largest absolute Gasteiger partial charge is 0.523 e. The van der Waals surface area contributed by atoms with Crippen LogP contribution in [0.4, 0.5) is 13.2 Å². The van der Waals surface area contributed by atoms with Gasteiger partial charge in [-0.05, 0) is 74.5 Å². The highest BCUT2D eigenvalue weighted by molar-refractivity contribution is 7.87. The molecule has 0 bridgehead atoms. The molecule has 214 valence electrons. The van der Waals surface area contributed by atoms with Crippen molar-refractivity contribution in [3.8, 4) is 11.1 Å². The Hall–Kier alpha value is -2.12. The van der Waals surface area contributed by atoms with Crippen molar-refractivity contribution in [2.75, 3.05) is 0 Å². The van der Waals surface area contributed by atoms with Crippen molar-refractivity contribution in [3.05, 3.63) is 64.2 Å². The first-order chi connectivity index (χ1) is 17.8. The third-order valence-electron chi connectivity index (χ3n) is 8.26. The van der Waals surface area contributed by atoms with Gasteiger partial charge in [0.25, 0.3) is 0 Å². The van der Waals surface area contributed by atoms with Crippen molar-refractivity contribution in [2.45, 2.75) is 109 Å². The predicted molar refractivity (Wildman–Crippen MR) is 152 cm³/mol. The van der Waals surface area contributed by atoms with Crippen LogP contribution in [-0.2, 0) is 25.1 Å². The molecule has 2 aromatic rings. The highest BCUT2D eigenvalue weighted by Gasteiger charge is 2.50. The molecular formula is C32H41F3O3S. The maximum absolute atomic E-state index is 13.4. The third kappa shape index (κ3) is 6.30. The van der Waals surface area contributed by atoms with E-state index in [4.69, 9.17) is 4.18 Å². The van der Waals surface area contributed by atoms with Gasteiger partial charge in [-0.15, -0.1) is 0 Å². The Labute approximate surface area is 232 Å². The minimum atomic E-state index is -5.79. The van der Waals surface area contributed by atoms with Crippen LogP contribution >= 0.6 is 0 Å². The fourth-order valence-corrected chi connectivity index (χ4v) is 6.44. The Morgan fingerprint density at radius 3 is 1.97 bits per heavy atom. The molecule has 1 saturated carbocycles. The lowest BCUT2D eigenvalue weighted by Gasteiger charge is -2.35. The molecule has 2 aliphatic rings. The topological polar surface area (TPSA) is 43.4 Å². The van der Waals surface area contributed by atoms with E-state index in [1.807, 2.05) is 12.1 Å². The number of halogens is 3. The lowest BCUT2D eigenvalue weighted by atomic mass is 9.71. The van der Waals surface area contributed by atoms with Crippen molar-refractivity contribution in [1.82, 2.24) is 0 Å². The van der Waals surface area contributed by atoms with E-state index in [-0.39, 0.29) is 16.2 Å². The molecule has 1 fully saturated rings. The smallest absolute Gasteiger partial charge is 0.250 e. The van der Waals surface area contributed by atoms with Crippen LogP contribution in [-0.4, -0.2) is 13.9 Å². The van der Waals surface area contributed by atoms with Gasteiger partial charge in [-0.1, -0.05) is 110 Å². The van der Waals surface area contributed by atoms with E-state index in [1.165, 1.54) is 0 Å². The molecule has 2 aliphatic carbocycles. The van der Waals surface area contributed by atoms with Gasteiger partial charge in [-0.3, -0.25) is 4.18 Å². The Balaban J connectivity index is 1.89. The van der Waals surface area contributed by atoms with Crippen molar-refractivity contribution in [1.29, 1.82) is 0 Å². The summed E-state index contributed by atoms with van der Waals surface area (Å²) in [6.45, 7) is 15.1. The lowest BCUT2D eigenvalue weighted by molar-refractivity contribution is -0.0564. The highest BCUT2D eigenvalue weighted by atomic mass is 32.2. The first-order valence-corrected chi connectivity index (χ1v) is 15.2. The van der Waals surface area contributed by atoms with Gasteiger partial charge in [-0.25, -0.2) is 0 Å². The third-order valence-corrected chi connectivity index (χ3v) is 9.28. The maximum atomic E-state index is 13.4. The molecule has 1 unspecified atom stereocenters. The zero-order chi connectivity index (χ0) is 29.0. The summed E-state index contributed by atoms with van der Waals surface area (Å²) in [5.41, 5.74) is 0.115. The Bertz CT molecular complexity index is 1330. The molecule has 0 amide bonds. The molecule has 7 heteroatoms. The summed E-state index contributed by atoms with van der Waals surface area (Å²) in [6, 6.07) is 11.9. The van der Waals surface area contributed by atoms with E-state index in [1.54, 1.807) is 12.1 Å². The van der Waals surface area contributed by atoms with Crippen LogP contribution in [0.5, 0.6) is 0 Å². The van der Waals surface area contributed by atoms with Gasteiger partial charge >= 0.3 is 15.6 Å². The second kappa shape index (κ2) is 10.1. The van der Waals surface area contributed by atoms with E-state index in [2.05, 4.69) is 66.7 Å². The second-order valence-corrected chi connectivity index (χ2v) is 15.3. The van der Waals surface area contributed by atoms with Crippen LogP contribution < -0.4 is 0 Å². The molecule has 39 heavy (non-hydrogen) atoms. The minimum Gasteiger partial charge on any atom is -0.250 e. The molecule has 0 N–H and O–H groups in total. The quantitative estimate of drug-likeness (QED) is 0.269. The summed E-state index contributed by atoms with van der Waals surface area (Å²) in [4.78, 5) is 0. The average molecular weight is 563 g/mol. The molecule has 0 heterocycles. The number of benzene rings is 2. The van der Waals surface area contributed by atoms with Gasteiger partial charge < -0.3 is 0 Å². The van der Waals surface area contributed by atoms with E-state index in [0.29, 0.717) is 17.6 Å². The number of hydrogen-bond donors (Lipinski definition) is 0. The molecule has 3 nitrogen and oxygen atoms in total. The summed E-state index contributed by atoms with van der Waals surface area (Å²) in [5.74, 6) is 0. The van der Waals surface area contributed by atoms with Gasteiger partial charge in [0.05, 0.1) is 0 Å². The van der Waals surface area contributed by atoms with E-state index in [0.717, 1.165) is 59.9 Å². The normalized spacial score (nSPS) is 20.1. The van der Waals surface area contributed by atoms with Gasteiger partial charge in [0.2, 0.25) is 0 Å². The van der Waals surface area contributed by atoms with E-state index < -0.39 is 21.7 Å². The number of rotatable bonds is 5. The van der Waals surface area contributed by atoms with Crippen molar-refractivity contribution in [3.63, 3.8) is 0 Å². The fourth-order valence-electron chi connectivity index (χ4n) is 5.85. The van der Waals surface area contributed by atoms with E-state index >= 15 is 0 Å². The summed E-state index contributed by atoms with van der Waals surface area (Å²) >= 11 is 0. The first-order valence-electron chi connectivity index (χ1n) is 13.8. The highest BCUT2D eigenvalue weighted by Crippen LogP contribution is 2.51. The molecule has 0 spiro atoms. The van der Waals surface area contributed by atoms with Gasteiger partial charge in [0.15, 0.2) is 0 Å². The Kier molecular flexibility index (Phi) is 7.70. The van der Waals surface area contributed by atoms with Crippen LogP contribution in [0.3, 0.4) is 0 Å². The van der Waals surface area contributed by atoms with Crippen LogP contribution in [0.1, 0.15) is 115 Å². The zero-order valence-corrected chi connectivity index (χ0v) is 24.9. The van der Waals surface area contributed by atoms with E-state index in [9.17, 15) is 21.6 Å². The molecule has 0 saturated heterocycles. The van der Waals surface area contributed by atoms with Gasteiger partial charge in [0, 0.05) is 0 Å². The summed E-state index contributed by atoms with van der Waals surface area (Å²) in [5, 5.41) is 0. The Morgan fingerprint density at radius 1 is 0.897 bits per heavy atom. The fraction of sp³-hybridized carbons (Fsp3) is 0.562. The second-order valence-electron chi connectivity index (χ2n) is 13.8. The summed E-state index contributed by atoms with van der Waals surface area (Å²) < 4.78 is 69.8. The monoisotopic (exact) mass is 562 g/mol. The number of hydrogen-bond acceptors (Lipinski definition) is 3. The van der Waals surface area contributed by atoms with Crippen LogP contribution in [0.2, 0.25) is 0 Å². The lowest BCUT2D eigenvalue weighted by Crippen LogP contribution is -2.28. The number of alkyl halides is 3. The molecule has 2 aromatic carbocycles.